The molecule has 7 nitrogen and oxygen atoms in total. The van der Waals surface area contributed by atoms with Gasteiger partial charge in [-0.25, -0.2) is 13.4 Å². The minimum Gasteiger partial charge on any atom is -0.443 e. The van der Waals surface area contributed by atoms with E-state index in [9.17, 15) is 8.42 Å². The van der Waals surface area contributed by atoms with Crippen molar-refractivity contribution >= 4 is 43.2 Å². The number of hydrogen-bond donors (Lipinski definition) is 1. The van der Waals surface area contributed by atoms with E-state index in [2.05, 4.69) is 15.3 Å². The summed E-state index contributed by atoms with van der Waals surface area (Å²) >= 11 is 0. The number of nitrogens with zero attached hydrogens (tertiary/aromatic N) is 2. The molecule has 0 fully saturated rings. The van der Waals surface area contributed by atoms with Crippen molar-refractivity contribution in [3.05, 3.63) is 66.0 Å². The lowest BCUT2D eigenvalue weighted by molar-refractivity contribution is 0.138. The van der Waals surface area contributed by atoms with Gasteiger partial charge in [0, 0.05) is 35.0 Å². The predicted molar refractivity (Wildman–Crippen MR) is 126 cm³/mol. The Labute approximate surface area is 187 Å². The highest BCUT2D eigenvalue weighted by Gasteiger charge is 2.14. The summed E-state index contributed by atoms with van der Waals surface area (Å²) in [4.78, 5) is 8.77. The van der Waals surface area contributed by atoms with Crippen LogP contribution in [0, 0.1) is 0 Å². The molecular formula is C24H25N3O4S. The largest absolute Gasteiger partial charge is 0.443 e. The number of benzene rings is 2. The lowest BCUT2D eigenvalue weighted by Gasteiger charge is -2.11. The molecule has 0 saturated carbocycles. The number of fused-ring (bicyclic) bond motifs is 2. The normalized spacial score (nSPS) is 12.5. The topological polar surface area (TPSA) is 94.3 Å². The molecule has 0 amide bonds. The summed E-state index contributed by atoms with van der Waals surface area (Å²) in [6.45, 7) is 5.04. The number of pyridine rings is 1. The van der Waals surface area contributed by atoms with Crippen LogP contribution in [0.3, 0.4) is 0 Å². The van der Waals surface area contributed by atoms with Crippen LogP contribution in [0.25, 0.3) is 22.0 Å². The van der Waals surface area contributed by atoms with Crippen molar-refractivity contribution in [2.45, 2.75) is 31.6 Å². The molecule has 2 heterocycles. The number of anilines is 2. The van der Waals surface area contributed by atoms with Gasteiger partial charge >= 0.3 is 0 Å². The molecule has 0 saturated heterocycles. The Balaban J connectivity index is 1.62. The summed E-state index contributed by atoms with van der Waals surface area (Å²) in [5.41, 5.74) is 4.46. The van der Waals surface area contributed by atoms with Crippen molar-refractivity contribution in [1.82, 2.24) is 9.97 Å². The average molecular weight is 452 g/mol. The molecule has 0 unspecified atom stereocenters. The van der Waals surface area contributed by atoms with Crippen LogP contribution in [0.5, 0.6) is 0 Å². The van der Waals surface area contributed by atoms with Crippen molar-refractivity contribution < 1.29 is 17.6 Å². The maximum absolute atomic E-state index is 13.0. The van der Waals surface area contributed by atoms with Crippen molar-refractivity contribution in [1.29, 1.82) is 0 Å². The summed E-state index contributed by atoms with van der Waals surface area (Å²) in [6, 6.07) is 12.4. The van der Waals surface area contributed by atoms with Gasteiger partial charge in [0.25, 0.3) is 0 Å². The molecule has 8 heteroatoms. The first-order chi connectivity index (χ1) is 15.5. The van der Waals surface area contributed by atoms with E-state index in [4.69, 9.17) is 9.15 Å². The van der Waals surface area contributed by atoms with Crippen LogP contribution >= 0.6 is 0 Å². The van der Waals surface area contributed by atoms with E-state index >= 15 is 0 Å². The molecule has 0 atom stereocenters. The quantitative estimate of drug-likeness (QED) is 0.330. The Hall–Kier alpha value is -3.23. The van der Waals surface area contributed by atoms with Crippen LogP contribution in [-0.2, 0) is 14.6 Å². The fourth-order valence-electron chi connectivity index (χ4n) is 3.37. The zero-order valence-electron chi connectivity index (χ0n) is 18.0. The molecule has 0 aliphatic rings. The third-order valence-corrected chi connectivity index (χ3v) is 6.62. The number of ether oxygens (including phenoxy) is 1. The molecule has 0 spiro atoms. The van der Waals surface area contributed by atoms with Crippen molar-refractivity contribution in [3.8, 4) is 0 Å². The minimum atomic E-state index is -3.60. The second-order valence-electron chi connectivity index (χ2n) is 7.57. The number of rotatable bonds is 9. The van der Waals surface area contributed by atoms with Crippen LogP contribution in [0.4, 0.5) is 11.4 Å². The molecule has 2 aromatic heterocycles. The number of nitrogens with one attached hydrogen (secondary N) is 1. The van der Waals surface area contributed by atoms with E-state index in [0.717, 1.165) is 28.9 Å². The molecule has 0 bridgehead atoms. The Kier molecular flexibility index (Phi) is 6.53. The smallest absolute Gasteiger partial charge is 0.199 e. The van der Waals surface area contributed by atoms with Crippen LogP contribution < -0.4 is 5.32 Å². The van der Waals surface area contributed by atoms with Gasteiger partial charge in [-0.1, -0.05) is 12.5 Å². The van der Waals surface area contributed by atoms with Crippen molar-refractivity contribution in [2.24, 2.45) is 0 Å². The summed E-state index contributed by atoms with van der Waals surface area (Å²) < 4.78 is 36.7. The Morgan fingerprint density at radius 3 is 2.81 bits per heavy atom. The van der Waals surface area contributed by atoms with E-state index in [1.165, 1.54) is 11.8 Å². The minimum absolute atomic E-state index is 0.224. The third-order valence-electron chi connectivity index (χ3n) is 5.00. The van der Waals surface area contributed by atoms with E-state index in [1.54, 1.807) is 24.4 Å². The number of sulfone groups is 1. The van der Waals surface area contributed by atoms with Gasteiger partial charge < -0.3 is 14.5 Å². The van der Waals surface area contributed by atoms with E-state index in [-0.39, 0.29) is 4.90 Å². The summed E-state index contributed by atoms with van der Waals surface area (Å²) in [7, 11) is -3.60. The van der Waals surface area contributed by atoms with E-state index in [0.29, 0.717) is 36.1 Å². The van der Waals surface area contributed by atoms with Gasteiger partial charge in [0.15, 0.2) is 21.8 Å². The molecule has 4 rings (SSSR count). The van der Waals surface area contributed by atoms with Gasteiger partial charge in [-0.05, 0) is 62.2 Å². The highest BCUT2D eigenvalue weighted by atomic mass is 32.2. The number of hydrogen-bond acceptors (Lipinski definition) is 7. The Morgan fingerprint density at radius 2 is 1.97 bits per heavy atom. The van der Waals surface area contributed by atoms with E-state index < -0.39 is 9.84 Å². The number of oxazole rings is 1. The third kappa shape index (κ3) is 4.98. The molecule has 166 valence electrons. The molecule has 32 heavy (non-hydrogen) atoms. The Bertz CT molecular complexity index is 1380. The van der Waals surface area contributed by atoms with Crippen molar-refractivity contribution in [2.75, 3.05) is 18.5 Å². The van der Waals surface area contributed by atoms with Crippen LogP contribution in [0.15, 0.2) is 75.3 Å². The molecule has 0 aliphatic carbocycles. The van der Waals surface area contributed by atoms with E-state index in [1.807, 2.05) is 38.1 Å². The number of aromatic nitrogens is 2. The Morgan fingerprint density at radius 1 is 1.09 bits per heavy atom. The van der Waals surface area contributed by atoms with Gasteiger partial charge in [-0.15, -0.1) is 0 Å². The van der Waals surface area contributed by atoms with Crippen LogP contribution in [-0.4, -0.2) is 31.6 Å². The second-order valence-corrected chi connectivity index (χ2v) is 9.37. The molecular weight excluding hydrogens is 426 g/mol. The van der Waals surface area contributed by atoms with Crippen LogP contribution in [0.2, 0.25) is 0 Å². The second kappa shape index (κ2) is 9.50. The predicted octanol–water partition coefficient (Wildman–Crippen LogP) is 5.61. The fraction of sp³-hybridized carbons (Fsp3) is 0.250. The van der Waals surface area contributed by atoms with Crippen molar-refractivity contribution in [3.63, 3.8) is 0 Å². The molecule has 0 radical (unpaired) electrons. The highest BCUT2D eigenvalue weighted by Crippen LogP contribution is 2.29. The molecule has 0 aliphatic heterocycles. The average Bonchev–Trinajstić information content (AvgIpc) is 3.24. The standard InChI is InChI=1S/C24H25N3O4S/c1-3-11-30-12-9-17(2)15-32(28,29)19-5-6-21-20(14-19)22(8-10-25-21)27-18-4-7-24-23(13-18)26-16-31-24/h4-8,10,13-16H,3,9,11-12H2,1-2H3,(H,25,27). The molecule has 1 N–H and O–H groups in total. The monoisotopic (exact) mass is 451 g/mol. The first kappa shape index (κ1) is 22.0. The lowest BCUT2D eigenvalue weighted by Crippen LogP contribution is -2.01. The van der Waals surface area contributed by atoms with Gasteiger partial charge in [0.05, 0.1) is 17.0 Å². The molecule has 2 aromatic carbocycles. The fourth-order valence-corrected chi connectivity index (χ4v) is 4.70. The van der Waals surface area contributed by atoms with Gasteiger partial charge in [0.1, 0.15) is 5.52 Å². The zero-order chi connectivity index (χ0) is 22.6. The molecule has 4 aromatic rings. The first-order valence-corrected chi connectivity index (χ1v) is 12.0. The summed E-state index contributed by atoms with van der Waals surface area (Å²) in [5, 5.41) is 5.38. The lowest BCUT2D eigenvalue weighted by atomic mass is 10.2. The summed E-state index contributed by atoms with van der Waals surface area (Å²) in [6.07, 6.45) is 4.60. The van der Waals surface area contributed by atoms with Gasteiger partial charge in [-0.2, -0.15) is 0 Å². The van der Waals surface area contributed by atoms with Gasteiger partial charge in [0.2, 0.25) is 0 Å². The first-order valence-electron chi connectivity index (χ1n) is 10.5. The maximum atomic E-state index is 13.0. The SMILES string of the molecule is CCCOCCC(C)=CS(=O)(=O)c1ccc2nccc(Nc3ccc4ocnc4c3)c2c1. The summed E-state index contributed by atoms with van der Waals surface area (Å²) in [5.74, 6) is 0. The highest BCUT2D eigenvalue weighted by molar-refractivity contribution is 7.94. The maximum Gasteiger partial charge on any atom is 0.199 e. The van der Waals surface area contributed by atoms with Gasteiger partial charge in [-0.3, -0.25) is 4.98 Å². The zero-order valence-corrected chi connectivity index (χ0v) is 18.9. The van der Waals surface area contributed by atoms with Crippen LogP contribution in [0.1, 0.15) is 26.7 Å².